The lowest BCUT2D eigenvalue weighted by Crippen LogP contribution is -2.28. The van der Waals surface area contributed by atoms with Gasteiger partial charge in [-0.2, -0.15) is 0 Å². The Morgan fingerprint density at radius 3 is 2.06 bits per heavy atom. The van der Waals surface area contributed by atoms with Gasteiger partial charge in [0.1, 0.15) is 12.4 Å². The fraction of sp³-hybridized carbons (Fsp3) is 0.750. The molecule has 0 heterocycles. The fourth-order valence-electron chi connectivity index (χ4n) is 0.882. The summed E-state index contributed by atoms with van der Waals surface area (Å²) in [5.41, 5.74) is -0.574. The number of hydrogen-bond donors (Lipinski definition) is 0. The summed E-state index contributed by atoms with van der Waals surface area (Å²) in [4.78, 5) is 33.7. The lowest BCUT2D eigenvalue weighted by Gasteiger charge is -2.19. The molecule has 0 fully saturated rings. The van der Waals surface area contributed by atoms with Crippen molar-refractivity contribution in [2.45, 2.75) is 47.0 Å². The van der Waals surface area contributed by atoms with Crippen LogP contribution in [0.3, 0.4) is 0 Å². The number of Topliss-reactive ketones (excluding diaryl/α,β-unsaturated/α-hetero) is 2. The predicted molar refractivity (Wildman–Crippen MR) is 60.0 cm³/mol. The van der Waals surface area contributed by atoms with Gasteiger partial charge in [-0.05, 0) is 20.3 Å². The van der Waals surface area contributed by atoms with Crippen LogP contribution in [-0.2, 0) is 19.1 Å². The van der Waals surface area contributed by atoms with Crippen molar-refractivity contribution < 1.29 is 19.1 Å². The number of ketones is 2. The molecule has 92 valence electrons. The van der Waals surface area contributed by atoms with Crippen LogP contribution in [0, 0.1) is 5.41 Å². The summed E-state index contributed by atoms with van der Waals surface area (Å²) in [7, 11) is 0. The van der Waals surface area contributed by atoms with Gasteiger partial charge in [0.05, 0.1) is 11.8 Å². The molecule has 0 saturated heterocycles. The molecule has 0 aromatic carbocycles. The quantitative estimate of drug-likeness (QED) is 0.493. The van der Waals surface area contributed by atoms with Crippen LogP contribution >= 0.6 is 0 Å². The zero-order valence-corrected chi connectivity index (χ0v) is 10.5. The van der Waals surface area contributed by atoms with E-state index in [9.17, 15) is 14.4 Å². The highest BCUT2D eigenvalue weighted by atomic mass is 16.5. The first-order valence-electron chi connectivity index (χ1n) is 5.54. The molecule has 0 aromatic heterocycles. The molecule has 0 unspecified atom stereocenters. The molecule has 0 radical (unpaired) electrons. The summed E-state index contributed by atoms with van der Waals surface area (Å²) < 4.78 is 4.86. The van der Waals surface area contributed by atoms with E-state index in [1.807, 2.05) is 6.92 Å². The van der Waals surface area contributed by atoms with Gasteiger partial charge >= 0.3 is 5.97 Å². The van der Waals surface area contributed by atoms with Crippen LogP contribution in [0.1, 0.15) is 47.0 Å². The predicted octanol–water partition coefficient (Wildman–Crippen LogP) is 1.90. The van der Waals surface area contributed by atoms with E-state index < -0.39 is 11.4 Å². The van der Waals surface area contributed by atoms with Crippen molar-refractivity contribution in [3.8, 4) is 0 Å². The molecule has 0 N–H and O–H groups in total. The molecular weight excluding hydrogens is 208 g/mol. The molecule has 0 bridgehead atoms. The number of hydrogen-bond acceptors (Lipinski definition) is 4. The van der Waals surface area contributed by atoms with Gasteiger partial charge in [-0.25, -0.2) is 0 Å². The molecule has 0 spiro atoms. The third-order valence-corrected chi connectivity index (χ3v) is 2.59. The Labute approximate surface area is 96.4 Å². The van der Waals surface area contributed by atoms with E-state index in [0.717, 1.165) is 0 Å². The topological polar surface area (TPSA) is 60.4 Å². The van der Waals surface area contributed by atoms with Gasteiger partial charge in [-0.15, -0.1) is 0 Å². The normalized spacial score (nSPS) is 11.0. The minimum absolute atomic E-state index is 0.129. The van der Waals surface area contributed by atoms with Crippen molar-refractivity contribution in [1.82, 2.24) is 0 Å². The molecule has 0 aliphatic heterocycles. The number of ether oxygens (including phenoxy) is 1. The second kappa shape index (κ2) is 6.40. The van der Waals surface area contributed by atoms with Gasteiger partial charge in [0.25, 0.3) is 0 Å². The summed E-state index contributed by atoms with van der Waals surface area (Å²) in [6, 6.07) is 0. The zero-order chi connectivity index (χ0) is 12.8. The molecule has 0 rings (SSSR count). The van der Waals surface area contributed by atoms with E-state index >= 15 is 0 Å². The van der Waals surface area contributed by atoms with Crippen molar-refractivity contribution >= 4 is 17.5 Å². The van der Waals surface area contributed by atoms with Crippen molar-refractivity contribution in [3.05, 3.63) is 0 Å². The second-order valence-corrected chi connectivity index (χ2v) is 4.42. The second-order valence-electron chi connectivity index (χ2n) is 4.42. The Kier molecular flexibility index (Phi) is 5.93. The molecule has 4 nitrogen and oxygen atoms in total. The van der Waals surface area contributed by atoms with Crippen LogP contribution in [0.4, 0.5) is 0 Å². The number of carbonyl (C=O) groups excluding carboxylic acids is 3. The van der Waals surface area contributed by atoms with Crippen LogP contribution in [-0.4, -0.2) is 24.1 Å². The van der Waals surface area contributed by atoms with Gasteiger partial charge in [0.2, 0.25) is 0 Å². The first kappa shape index (κ1) is 14.8. The van der Waals surface area contributed by atoms with E-state index in [1.54, 1.807) is 20.8 Å². The lowest BCUT2D eigenvalue weighted by atomic mass is 9.91. The van der Waals surface area contributed by atoms with E-state index in [0.29, 0.717) is 12.8 Å². The van der Waals surface area contributed by atoms with E-state index in [-0.39, 0.29) is 24.6 Å². The van der Waals surface area contributed by atoms with Gasteiger partial charge < -0.3 is 4.74 Å². The minimum Gasteiger partial charge on any atom is -0.457 e. The Hall–Kier alpha value is -1.19. The van der Waals surface area contributed by atoms with Crippen LogP contribution < -0.4 is 0 Å². The standard InChI is InChI=1S/C12H20O4/c1-5-9(13)7-10(14)8-16-11(15)12(3,4)6-2/h5-8H2,1-4H3. The number of carbonyl (C=O) groups is 3. The number of esters is 1. The summed E-state index contributed by atoms with van der Waals surface area (Å²) in [6.07, 6.45) is 0.838. The average Bonchev–Trinajstić information content (AvgIpc) is 2.25. The van der Waals surface area contributed by atoms with Gasteiger partial charge in [-0.1, -0.05) is 13.8 Å². The van der Waals surface area contributed by atoms with E-state index in [2.05, 4.69) is 0 Å². The third-order valence-electron chi connectivity index (χ3n) is 2.59. The number of rotatable bonds is 7. The van der Waals surface area contributed by atoms with Crippen molar-refractivity contribution in [1.29, 1.82) is 0 Å². The maximum Gasteiger partial charge on any atom is 0.311 e. The summed E-state index contributed by atoms with van der Waals surface area (Å²) in [5.74, 6) is -0.866. The fourth-order valence-corrected chi connectivity index (χ4v) is 0.882. The summed E-state index contributed by atoms with van der Waals surface area (Å²) >= 11 is 0. The molecule has 0 aliphatic carbocycles. The van der Waals surface area contributed by atoms with Crippen molar-refractivity contribution in [2.24, 2.45) is 5.41 Å². The maximum absolute atomic E-state index is 11.5. The lowest BCUT2D eigenvalue weighted by molar-refractivity contribution is -0.157. The van der Waals surface area contributed by atoms with Crippen molar-refractivity contribution in [3.63, 3.8) is 0 Å². The molecule has 0 saturated carbocycles. The molecule has 0 aliphatic rings. The molecule has 0 atom stereocenters. The zero-order valence-electron chi connectivity index (χ0n) is 10.5. The van der Waals surface area contributed by atoms with Crippen LogP contribution in [0.15, 0.2) is 0 Å². The maximum atomic E-state index is 11.5. The smallest absolute Gasteiger partial charge is 0.311 e. The molecule has 4 heteroatoms. The van der Waals surface area contributed by atoms with Crippen LogP contribution in [0.2, 0.25) is 0 Å². The van der Waals surface area contributed by atoms with E-state index in [4.69, 9.17) is 4.74 Å². The highest BCUT2D eigenvalue weighted by Gasteiger charge is 2.27. The summed E-state index contributed by atoms with van der Waals surface area (Å²) in [5, 5.41) is 0. The Morgan fingerprint density at radius 2 is 1.62 bits per heavy atom. The molecule has 0 amide bonds. The Morgan fingerprint density at radius 1 is 1.06 bits per heavy atom. The van der Waals surface area contributed by atoms with Crippen molar-refractivity contribution in [2.75, 3.05) is 6.61 Å². The van der Waals surface area contributed by atoms with Crippen LogP contribution in [0.25, 0.3) is 0 Å². The Bertz CT molecular complexity index is 279. The first-order chi connectivity index (χ1) is 7.33. The van der Waals surface area contributed by atoms with E-state index in [1.165, 1.54) is 0 Å². The van der Waals surface area contributed by atoms with Gasteiger partial charge in [-0.3, -0.25) is 14.4 Å². The SMILES string of the molecule is CCC(=O)CC(=O)COC(=O)C(C)(C)CC. The average molecular weight is 228 g/mol. The molecular formula is C12H20O4. The minimum atomic E-state index is -0.574. The largest absolute Gasteiger partial charge is 0.457 e. The molecule has 0 aromatic rings. The third kappa shape index (κ3) is 5.05. The first-order valence-corrected chi connectivity index (χ1v) is 5.54. The molecule has 16 heavy (non-hydrogen) atoms. The van der Waals surface area contributed by atoms with Gasteiger partial charge in [0.15, 0.2) is 5.78 Å². The summed E-state index contributed by atoms with van der Waals surface area (Å²) in [6.45, 7) is 6.80. The van der Waals surface area contributed by atoms with Crippen LogP contribution in [0.5, 0.6) is 0 Å². The highest BCUT2D eigenvalue weighted by Crippen LogP contribution is 2.21. The highest BCUT2D eigenvalue weighted by molar-refractivity contribution is 6.00. The Balaban J connectivity index is 4.02. The monoisotopic (exact) mass is 228 g/mol. The van der Waals surface area contributed by atoms with Gasteiger partial charge in [0, 0.05) is 6.42 Å².